The SMILES string of the molecule is CNC(=O)c1nnc(NC(=O)C2CC2)cc1Nc1csc2ccn(C)c(=O)c12. The molecular formula is C18H18N6O3S. The fourth-order valence-corrected chi connectivity index (χ4v) is 3.66. The molecule has 144 valence electrons. The third-order valence-electron chi connectivity index (χ3n) is 4.51. The summed E-state index contributed by atoms with van der Waals surface area (Å²) in [6, 6.07) is 3.41. The van der Waals surface area contributed by atoms with Gasteiger partial charge in [-0.3, -0.25) is 14.4 Å². The lowest BCUT2D eigenvalue weighted by Gasteiger charge is -2.11. The average Bonchev–Trinajstić information content (AvgIpc) is 3.46. The number of hydrogen-bond acceptors (Lipinski definition) is 7. The molecule has 1 aliphatic rings. The van der Waals surface area contributed by atoms with Gasteiger partial charge >= 0.3 is 0 Å². The van der Waals surface area contributed by atoms with Crippen LogP contribution in [0, 0.1) is 5.92 Å². The molecule has 0 saturated heterocycles. The second-order valence-electron chi connectivity index (χ2n) is 6.58. The zero-order valence-electron chi connectivity index (χ0n) is 15.3. The summed E-state index contributed by atoms with van der Waals surface area (Å²) in [6.45, 7) is 0. The standard InChI is InChI=1S/C18H18N6O3S/c1-19-17(26)15-10(7-13(22-23-15)21-16(25)9-3-4-9)20-11-8-28-12-5-6-24(2)18(27)14(11)12/h5-9H,3-4H2,1-2H3,(H,19,26)(H2,20,21,22,25). The molecule has 0 unspecified atom stereocenters. The van der Waals surface area contributed by atoms with E-state index in [-0.39, 0.29) is 28.9 Å². The smallest absolute Gasteiger partial charge is 0.273 e. The van der Waals surface area contributed by atoms with Crippen molar-refractivity contribution in [3.05, 3.63) is 39.8 Å². The van der Waals surface area contributed by atoms with Gasteiger partial charge in [-0.05, 0) is 18.9 Å². The van der Waals surface area contributed by atoms with Crippen LogP contribution >= 0.6 is 11.3 Å². The van der Waals surface area contributed by atoms with Crippen molar-refractivity contribution in [2.75, 3.05) is 17.7 Å². The lowest BCUT2D eigenvalue weighted by Crippen LogP contribution is -2.22. The maximum absolute atomic E-state index is 12.5. The molecule has 0 spiro atoms. The van der Waals surface area contributed by atoms with Gasteiger partial charge in [0, 0.05) is 42.4 Å². The minimum absolute atomic E-state index is 0.0145. The monoisotopic (exact) mass is 398 g/mol. The van der Waals surface area contributed by atoms with E-state index in [0.717, 1.165) is 17.5 Å². The third-order valence-corrected chi connectivity index (χ3v) is 5.46. The lowest BCUT2D eigenvalue weighted by atomic mass is 10.2. The number of carbonyl (C=O) groups is 2. The van der Waals surface area contributed by atoms with Gasteiger partial charge in [-0.2, -0.15) is 0 Å². The zero-order valence-corrected chi connectivity index (χ0v) is 16.1. The largest absolute Gasteiger partial charge is 0.354 e. The van der Waals surface area contributed by atoms with Crippen molar-refractivity contribution in [1.29, 1.82) is 0 Å². The summed E-state index contributed by atoms with van der Waals surface area (Å²) in [5.74, 6) is -0.273. The van der Waals surface area contributed by atoms with Gasteiger partial charge in [0.25, 0.3) is 11.5 Å². The highest BCUT2D eigenvalue weighted by molar-refractivity contribution is 7.17. The molecule has 4 rings (SSSR count). The molecule has 0 radical (unpaired) electrons. The quantitative estimate of drug-likeness (QED) is 0.604. The van der Waals surface area contributed by atoms with E-state index in [0.29, 0.717) is 16.8 Å². The van der Waals surface area contributed by atoms with Crippen molar-refractivity contribution in [2.24, 2.45) is 13.0 Å². The second kappa shape index (κ2) is 7.04. The summed E-state index contributed by atoms with van der Waals surface area (Å²) in [4.78, 5) is 36.7. The van der Waals surface area contributed by atoms with Crippen LogP contribution in [0.1, 0.15) is 23.3 Å². The predicted molar refractivity (Wildman–Crippen MR) is 107 cm³/mol. The Morgan fingerprint density at radius 2 is 2.04 bits per heavy atom. The first-order chi connectivity index (χ1) is 13.5. The van der Waals surface area contributed by atoms with Crippen LogP contribution in [0.4, 0.5) is 17.2 Å². The first-order valence-corrected chi connectivity index (χ1v) is 9.60. The topological polar surface area (TPSA) is 118 Å². The van der Waals surface area contributed by atoms with Gasteiger partial charge in [0.1, 0.15) is 0 Å². The van der Waals surface area contributed by atoms with Gasteiger partial charge in [0.05, 0.1) is 16.8 Å². The molecule has 9 nitrogen and oxygen atoms in total. The molecule has 1 saturated carbocycles. The van der Waals surface area contributed by atoms with Crippen molar-refractivity contribution >= 4 is 50.4 Å². The molecule has 0 bridgehead atoms. The van der Waals surface area contributed by atoms with E-state index in [4.69, 9.17) is 0 Å². The molecule has 10 heteroatoms. The van der Waals surface area contributed by atoms with Gasteiger partial charge in [-0.25, -0.2) is 0 Å². The molecule has 0 aliphatic heterocycles. The van der Waals surface area contributed by atoms with E-state index in [9.17, 15) is 14.4 Å². The van der Waals surface area contributed by atoms with Crippen molar-refractivity contribution in [3.8, 4) is 0 Å². The summed E-state index contributed by atoms with van der Waals surface area (Å²) in [7, 11) is 3.17. The number of fused-ring (bicyclic) bond motifs is 1. The van der Waals surface area contributed by atoms with E-state index < -0.39 is 5.91 Å². The van der Waals surface area contributed by atoms with Crippen molar-refractivity contribution < 1.29 is 9.59 Å². The van der Waals surface area contributed by atoms with Crippen LogP contribution < -0.4 is 21.5 Å². The normalized spacial score (nSPS) is 13.4. The van der Waals surface area contributed by atoms with Gasteiger partial charge < -0.3 is 20.5 Å². The van der Waals surface area contributed by atoms with Crippen LogP contribution in [0.5, 0.6) is 0 Å². The van der Waals surface area contributed by atoms with Crippen LogP contribution in [0.15, 0.2) is 28.5 Å². The summed E-state index contributed by atoms with van der Waals surface area (Å²) in [5.41, 5.74) is 0.843. The molecule has 0 atom stereocenters. The van der Waals surface area contributed by atoms with Crippen molar-refractivity contribution in [2.45, 2.75) is 12.8 Å². The summed E-state index contributed by atoms with van der Waals surface area (Å²) in [5, 5.41) is 18.6. The molecule has 0 aromatic carbocycles. The van der Waals surface area contributed by atoms with Gasteiger partial charge in [-0.1, -0.05) is 0 Å². The number of aryl methyl sites for hydroxylation is 1. The Morgan fingerprint density at radius 1 is 1.25 bits per heavy atom. The van der Waals surface area contributed by atoms with E-state index in [1.165, 1.54) is 23.0 Å². The highest BCUT2D eigenvalue weighted by Gasteiger charge is 2.30. The van der Waals surface area contributed by atoms with Crippen LogP contribution in [0.25, 0.3) is 10.1 Å². The molecule has 3 heterocycles. The second-order valence-corrected chi connectivity index (χ2v) is 7.49. The Balaban J connectivity index is 1.74. The maximum atomic E-state index is 12.5. The van der Waals surface area contributed by atoms with E-state index in [2.05, 4.69) is 26.1 Å². The Labute approximate surface area is 163 Å². The third kappa shape index (κ3) is 3.33. The van der Waals surface area contributed by atoms with Crippen LogP contribution in [-0.4, -0.2) is 33.6 Å². The van der Waals surface area contributed by atoms with E-state index >= 15 is 0 Å². The molecule has 1 aliphatic carbocycles. The Kier molecular flexibility index (Phi) is 4.55. The fourth-order valence-electron chi connectivity index (χ4n) is 2.78. The lowest BCUT2D eigenvalue weighted by molar-refractivity contribution is -0.117. The molecule has 2 amide bonds. The number of aromatic nitrogens is 3. The molecule has 3 aromatic rings. The summed E-state index contributed by atoms with van der Waals surface area (Å²) >= 11 is 1.42. The van der Waals surface area contributed by atoms with Crippen LogP contribution in [-0.2, 0) is 11.8 Å². The number of thiophene rings is 1. The Hall–Kier alpha value is -3.27. The molecule has 3 aromatic heterocycles. The van der Waals surface area contributed by atoms with Gasteiger partial charge in [0.15, 0.2) is 11.5 Å². The number of amides is 2. The summed E-state index contributed by atoms with van der Waals surface area (Å²) < 4.78 is 2.32. The number of rotatable bonds is 5. The van der Waals surface area contributed by atoms with E-state index in [1.807, 2.05) is 11.4 Å². The number of hydrogen-bond donors (Lipinski definition) is 3. The summed E-state index contributed by atoms with van der Waals surface area (Å²) in [6.07, 6.45) is 3.44. The predicted octanol–water partition coefficient (Wildman–Crippen LogP) is 1.84. The Morgan fingerprint density at radius 3 is 2.75 bits per heavy atom. The molecule has 3 N–H and O–H groups in total. The van der Waals surface area contributed by atoms with Crippen molar-refractivity contribution in [1.82, 2.24) is 20.1 Å². The van der Waals surface area contributed by atoms with E-state index in [1.54, 1.807) is 19.3 Å². The number of pyridine rings is 1. The highest BCUT2D eigenvalue weighted by Crippen LogP contribution is 2.32. The van der Waals surface area contributed by atoms with Gasteiger partial charge in [-0.15, -0.1) is 21.5 Å². The Bertz CT molecular complexity index is 1150. The van der Waals surface area contributed by atoms with Crippen LogP contribution in [0.3, 0.4) is 0 Å². The van der Waals surface area contributed by atoms with Crippen molar-refractivity contribution in [3.63, 3.8) is 0 Å². The number of nitrogens with zero attached hydrogens (tertiary/aromatic N) is 3. The minimum Gasteiger partial charge on any atom is -0.354 e. The number of nitrogens with one attached hydrogen (secondary N) is 3. The maximum Gasteiger partial charge on any atom is 0.273 e. The van der Waals surface area contributed by atoms with Gasteiger partial charge in [0.2, 0.25) is 5.91 Å². The fraction of sp³-hybridized carbons (Fsp3) is 0.278. The zero-order chi connectivity index (χ0) is 19.8. The molecular weight excluding hydrogens is 380 g/mol. The average molecular weight is 398 g/mol. The first-order valence-electron chi connectivity index (χ1n) is 8.72. The number of carbonyl (C=O) groups excluding carboxylic acids is 2. The molecule has 1 fully saturated rings. The minimum atomic E-state index is -0.428. The highest BCUT2D eigenvalue weighted by atomic mass is 32.1. The first kappa shape index (κ1) is 18.1. The number of anilines is 3. The molecule has 28 heavy (non-hydrogen) atoms. The van der Waals surface area contributed by atoms with Crippen LogP contribution in [0.2, 0.25) is 0 Å².